The van der Waals surface area contributed by atoms with Crippen LogP contribution in [0.5, 0.6) is 0 Å². The minimum absolute atomic E-state index is 0.000283. The average molecular weight is 287 g/mol. The van der Waals surface area contributed by atoms with E-state index in [9.17, 15) is 9.59 Å². The number of nitrogens with zero attached hydrogens (tertiary/aromatic N) is 4. The normalized spacial score (nSPS) is 11.7. The highest BCUT2D eigenvalue weighted by Crippen LogP contribution is 2.11. The van der Waals surface area contributed by atoms with Gasteiger partial charge >= 0.3 is 5.97 Å². The lowest BCUT2D eigenvalue weighted by Gasteiger charge is -2.07. The third kappa shape index (κ3) is 3.30. The minimum atomic E-state index is -1.12. The maximum Gasteiger partial charge on any atom is 0.331 e. The smallest absolute Gasteiger partial charge is 0.331 e. The first-order valence-electron chi connectivity index (χ1n) is 6.02. The minimum Gasteiger partial charge on any atom is -0.478 e. The quantitative estimate of drug-likeness (QED) is 0.812. The van der Waals surface area contributed by atoms with Gasteiger partial charge in [0.15, 0.2) is 5.82 Å². The summed E-state index contributed by atoms with van der Waals surface area (Å²) in [5.41, 5.74) is 0.601. The zero-order valence-corrected chi connectivity index (χ0v) is 11.4. The maximum absolute atomic E-state index is 11.9. The highest BCUT2D eigenvalue weighted by Gasteiger charge is 2.13. The number of amides is 1. The predicted molar refractivity (Wildman–Crippen MR) is 73.8 cm³/mol. The molecule has 21 heavy (non-hydrogen) atoms. The number of pyridine rings is 1. The summed E-state index contributed by atoms with van der Waals surface area (Å²) in [5, 5.41) is 15.4. The van der Waals surface area contributed by atoms with Crippen molar-refractivity contribution in [1.82, 2.24) is 19.7 Å². The molecule has 0 atom stereocenters. The number of carboxylic acid groups (broad SMARTS) is 1. The van der Waals surface area contributed by atoms with Gasteiger partial charge in [0, 0.05) is 11.1 Å². The van der Waals surface area contributed by atoms with Crippen LogP contribution in [0, 0.1) is 0 Å². The number of hydrogen-bond donors (Lipinski definition) is 2. The van der Waals surface area contributed by atoms with Gasteiger partial charge in [0.2, 0.25) is 0 Å². The average Bonchev–Trinajstić information content (AvgIpc) is 3.00. The monoisotopic (exact) mass is 287 g/mol. The number of hydrogen-bond acceptors (Lipinski definition) is 5. The Hall–Kier alpha value is -3.03. The molecule has 0 aliphatic heterocycles. The largest absolute Gasteiger partial charge is 0.478 e. The van der Waals surface area contributed by atoms with Gasteiger partial charge in [0.1, 0.15) is 12.7 Å². The summed E-state index contributed by atoms with van der Waals surface area (Å²) < 4.78 is 1.48. The third-order valence-corrected chi connectivity index (χ3v) is 2.88. The van der Waals surface area contributed by atoms with Gasteiger partial charge in [-0.05, 0) is 26.0 Å². The van der Waals surface area contributed by atoms with Crippen LogP contribution in [-0.2, 0) is 9.59 Å². The molecule has 8 heteroatoms. The van der Waals surface area contributed by atoms with Gasteiger partial charge in [-0.3, -0.25) is 4.79 Å². The van der Waals surface area contributed by atoms with E-state index in [1.54, 1.807) is 12.1 Å². The van der Waals surface area contributed by atoms with Crippen LogP contribution in [0.25, 0.3) is 5.82 Å². The summed E-state index contributed by atoms with van der Waals surface area (Å²) in [5.74, 6) is -1.05. The summed E-state index contributed by atoms with van der Waals surface area (Å²) >= 11 is 0. The molecule has 0 unspecified atom stereocenters. The predicted octanol–water partition coefficient (Wildman–Crippen LogP) is 1.02. The van der Waals surface area contributed by atoms with Crippen LogP contribution in [0.4, 0.5) is 5.69 Å². The van der Waals surface area contributed by atoms with Crippen LogP contribution >= 0.6 is 0 Å². The van der Waals surface area contributed by atoms with E-state index in [0.29, 0.717) is 11.5 Å². The van der Waals surface area contributed by atoms with Crippen molar-refractivity contribution in [1.29, 1.82) is 0 Å². The number of carbonyl (C=O) groups excluding carboxylic acids is 1. The van der Waals surface area contributed by atoms with Crippen molar-refractivity contribution in [2.45, 2.75) is 13.8 Å². The maximum atomic E-state index is 11.9. The summed E-state index contributed by atoms with van der Waals surface area (Å²) in [6, 6.07) is 3.30. The fraction of sp³-hybridized carbons (Fsp3) is 0.154. The molecule has 0 saturated heterocycles. The van der Waals surface area contributed by atoms with Crippen molar-refractivity contribution in [3.05, 3.63) is 42.1 Å². The molecule has 0 aromatic carbocycles. The first-order chi connectivity index (χ1) is 9.99. The van der Waals surface area contributed by atoms with Crippen molar-refractivity contribution in [2.24, 2.45) is 0 Å². The molecule has 2 rings (SSSR count). The van der Waals surface area contributed by atoms with E-state index in [2.05, 4.69) is 20.4 Å². The Labute approximate surface area is 120 Å². The molecule has 1 amide bonds. The molecule has 0 aliphatic rings. The van der Waals surface area contributed by atoms with Crippen LogP contribution in [0.3, 0.4) is 0 Å². The number of aliphatic carboxylic acids is 1. The fourth-order valence-corrected chi connectivity index (χ4v) is 1.48. The Morgan fingerprint density at radius 2 is 2.00 bits per heavy atom. The molecule has 0 bridgehead atoms. The summed E-state index contributed by atoms with van der Waals surface area (Å²) in [6.07, 6.45) is 4.35. The lowest BCUT2D eigenvalue weighted by molar-refractivity contribution is -0.133. The SMILES string of the molecule is CC(C(=O)O)=C(C)C(=O)Nc1ccc(-n2cncn2)nc1. The van der Waals surface area contributed by atoms with E-state index in [1.807, 2.05) is 0 Å². The Morgan fingerprint density at radius 1 is 1.24 bits per heavy atom. The second-order valence-corrected chi connectivity index (χ2v) is 4.25. The highest BCUT2D eigenvalue weighted by molar-refractivity contribution is 6.07. The lowest BCUT2D eigenvalue weighted by Crippen LogP contribution is -2.16. The van der Waals surface area contributed by atoms with Crippen molar-refractivity contribution in [3.63, 3.8) is 0 Å². The number of carbonyl (C=O) groups is 2. The van der Waals surface area contributed by atoms with Gasteiger partial charge in [-0.25, -0.2) is 19.4 Å². The molecule has 8 nitrogen and oxygen atoms in total. The topological polar surface area (TPSA) is 110 Å². The molecule has 2 aromatic heterocycles. The Bertz CT molecular complexity index is 689. The summed E-state index contributed by atoms with van der Waals surface area (Å²) in [7, 11) is 0. The third-order valence-electron chi connectivity index (χ3n) is 2.88. The Balaban J connectivity index is 2.12. The first kappa shape index (κ1) is 14.4. The lowest BCUT2D eigenvalue weighted by atomic mass is 10.1. The zero-order valence-electron chi connectivity index (χ0n) is 11.4. The van der Waals surface area contributed by atoms with Gasteiger partial charge in [0.05, 0.1) is 11.9 Å². The number of carboxylic acids is 1. The van der Waals surface area contributed by atoms with Crippen LogP contribution in [0.15, 0.2) is 42.1 Å². The summed E-state index contributed by atoms with van der Waals surface area (Å²) in [6.45, 7) is 2.83. The van der Waals surface area contributed by atoms with Crippen LogP contribution in [-0.4, -0.2) is 36.7 Å². The van der Waals surface area contributed by atoms with Gasteiger partial charge in [-0.1, -0.05) is 0 Å². The second kappa shape index (κ2) is 5.95. The molecule has 2 heterocycles. The molecule has 0 fully saturated rings. The molecular formula is C13H13N5O3. The van der Waals surface area contributed by atoms with Gasteiger partial charge in [-0.15, -0.1) is 0 Å². The Morgan fingerprint density at radius 3 is 2.52 bits per heavy atom. The van der Waals surface area contributed by atoms with E-state index in [4.69, 9.17) is 5.11 Å². The molecule has 2 aromatic rings. The van der Waals surface area contributed by atoms with Crippen molar-refractivity contribution in [2.75, 3.05) is 5.32 Å². The van der Waals surface area contributed by atoms with Gasteiger partial charge in [0.25, 0.3) is 5.91 Å². The molecule has 2 N–H and O–H groups in total. The standard InChI is InChI=1S/C13H13N5O3/c1-8(9(2)13(20)21)12(19)17-10-3-4-11(15-5-10)18-7-14-6-16-18/h3-7H,1-2H3,(H,17,19)(H,20,21). The van der Waals surface area contributed by atoms with Gasteiger partial charge in [-0.2, -0.15) is 5.10 Å². The molecule has 0 saturated carbocycles. The molecule has 108 valence electrons. The first-order valence-corrected chi connectivity index (χ1v) is 6.02. The molecule has 0 spiro atoms. The number of anilines is 1. The highest BCUT2D eigenvalue weighted by atomic mass is 16.4. The number of aromatic nitrogens is 4. The van der Waals surface area contributed by atoms with Gasteiger partial charge < -0.3 is 10.4 Å². The summed E-state index contributed by atoms with van der Waals surface area (Å²) in [4.78, 5) is 30.6. The van der Waals surface area contributed by atoms with E-state index in [0.717, 1.165) is 0 Å². The van der Waals surface area contributed by atoms with Crippen LogP contribution in [0.2, 0.25) is 0 Å². The van der Waals surface area contributed by atoms with Crippen molar-refractivity contribution in [3.8, 4) is 5.82 Å². The van der Waals surface area contributed by atoms with E-state index in [1.165, 1.54) is 37.4 Å². The number of rotatable bonds is 4. The second-order valence-electron chi connectivity index (χ2n) is 4.25. The number of nitrogens with one attached hydrogen (secondary N) is 1. The fourth-order valence-electron chi connectivity index (χ4n) is 1.48. The van der Waals surface area contributed by atoms with Crippen LogP contribution in [0.1, 0.15) is 13.8 Å². The molecule has 0 aliphatic carbocycles. The van der Waals surface area contributed by atoms with Crippen molar-refractivity contribution < 1.29 is 14.7 Å². The van der Waals surface area contributed by atoms with Crippen LogP contribution < -0.4 is 5.32 Å². The van der Waals surface area contributed by atoms with E-state index < -0.39 is 11.9 Å². The molecular weight excluding hydrogens is 274 g/mol. The molecule has 0 radical (unpaired) electrons. The van der Waals surface area contributed by atoms with Crippen molar-refractivity contribution >= 4 is 17.6 Å². The van der Waals surface area contributed by atoms with E-state index in [-0.39, 0.29) is 11.1 Å². The zero-order chi connectivity index (χ0) is 15.4. The Kier molecular flexibility index (Phi) is 4.07. The van der Waals surface area contributed by atoms with E-state index >= 15 is 0 Å².